The molecule has 34 heavy (non-hydrogen) atoms. The number of hydrogen-bond acceptors (Lipinski definition) is 4. The van der Waals surface area contributed by atoms with Crippen molar-refractivity contribution >= 4 is 5.65 Å². The van der Waals surface area contributed by atoms with Gasteiger partial charge < -0.3 is 4.40 Å². The molecule has 174 valence electrons. The number of nitrogens with zero attached hydrogens (tertiary/aromatic N) is 6. The van der Waals surface area contributed by atoms with E-state index < -0.39 is 29.1 Å². The lowest BCUT2D eigenvalue weighted by atomic mass is 10.0. The highest BCUT2D eigenvalue weighted by Crippen LogP contribution is 2.36. The van der Waals surface area contributed by atoms with E-state index in [4.69, 9.17) is 0 Å². The first kappa shape index (κ1) is 22.0. The van der Waals surface area contributed by atoms with E-state index in [1.54, 1.807) is 12.3 Å². The number of halogens is 5. The minimum Gasteiger partial charge on any atom is -0.306 e. The zero-order chi connectivity index (χ0) is 24.1. The lowest BCUT2D eigenvalue weighted by Gasteiger charge is -2.18. The molecule has 0 bridgehead atoms. The highest BCUT2D eigenvalue weighted by atomic mass is 19.4. The normalized spacial score (nSPS) is 15.6. The van der Waals surface area contributed by atoms with Crippen LogP contribution in [0, 0.1) is 17.1 Å². The third-order valence-electron chi connectivity index (χ3n) is 6.00. The average Bonchev–Trinajstić information content (AvgIpc) is 3.52. The average molecular weight is 472 g/mol. The van der Waals surface area contributed by atoms with Crippen LogP contribution in [0.2, 0.25) is 0 Å². The van der Waals surface area contributed by atoms with Crippen LogP contribution in [0.1, 0.15) is 37.1 Å². The number of imidazole rings is 1. The predicted molar refractivity (Wildman–Crippen MR) is 112 cm³/mol. The fraction of sp³-hybridized carbons (Fsp3) is 0.304. The monoisotopic (exact) mass is 472 g/mol. The molecule has 5 rings (SSSR count). The Labute approximate surface area is 190 Å². The molecule has 0 atom stereocenters. The first-order chi connectivity index (χ1) is 16.1. The molecule has 0 radical (unpaired) electrons. The van der Waals surface area contributed by atoms with Crippen LogP contribution >= 0.6 is 0 Å². The highest BCUT2D eigenvalue weighted by Gasteiger charge is 2.35. The van der Waals surface area contributed by atoms with E-state index in [0.717, 1.165) is 25.1 Å². The van der Waals surface area contributed by atoms with Gasteiger partial charge in [-0.25, -0.2) is 18.7 Å². The first-order valence-corrected chi connectivity index (χ1v) is 10.5. The van der Waals surface area contributed by atoms with E-state index in [1.165, 1.54) is 33.6 Å². The largest absolute Gasteiger partial charge is 0.434 e. The second kappa shape index (κ2) is 7.90. The Hall–Kier alpha value is -3.81. The SMILES string of the molecule is N#Cc1nc(-c2ccn3cc(C(F)(F)F)nc3c2)c(-c2cnn(CC3(F)CCCC3)c2)cc1F. The number of alkyl halides is 4. The number of nitriles is 1. The summed E-state index contributed by atoms with van der Waals surface area (Å²) in [5.74, 6) is -0.854. The summed E-state index contributed by atoms with van der Waals surface area (Å²) >= 11 is 0. The van der Waals surface area contributed by atoms with Gasteiger partial charge in [-0.2, -0.15) is 23.5 Å². The molecule has 1 fully saturated rings. The summed E-state index contributed by atoms with van der Waals surface area (Å²) in [7, 11) is 0. The number of aromatic nitrogens is 5. The van der Waals surface area contributed by atoms with Crippen LogP contribution in [0.4, 0.5) is 22.0 Å². The highest BCUT2D eigenvalue weighted by molar-refractivity contribution is 5.81. The zero-order valence-electron chi connectivity index (χ0n) is 17.7. The van der Waals surface area contributed by atoms with Crippen molar-refractivity contribution in [3.63, 3.8) is 0 Å². The molecule has 4 aromatic rings. The van der Waals surface area contributed by atoms with E-state index in [9.17, 15) is 27.2 Å². The summed E-state index contributed by atoms with van der Waals surface area (Å²) in [5, 5.41) is 13.5. The van der Waals surface area contributed by atoms with Gasteiger partial charge in [0.2, 0.25) is 0 Å². The standard InChI is InChI=1S/C23H17F5N6/c24-17-8-16(15-10-30-34(11-15)13-22(25)4-1-2-5-22)21(31-18(17)9-29)14-3-6-33-12-19(23(26,27)28)32-20(33)7-14/h3,6-8,10-12H,1-2,4-5,13H2. The quantitative estimate of drug-likeness (QED) is 0.364. The van der Waals surface area contributed by atoms with Gasteiger partial charge in [0.25, 0.3) is 0 Å². The smallest absolute Gasteiger partial charge is 0.306 e. The van der Waals surface area contributed by atoms with Crippen LogP contribution in [0.15, 0.2) is 43.0 Å². The Kier molecular flexibility index (Phi) is 5.11. The summed E-state index contributed by atoms with van der Waals surface area (Å²) < 4.78 is 71.2. The van der Waals surface area contributed by atoms with Crippen LogP contribution in [-0.2, 0) is 12.7 Å². The molecule has 0 spiro atoms. The van der Waals surface area contributed by atoms with Gasteiger partial charge in [0.15, 0.2) is 17.2 Å². The van der Waals surface area contributed by atoms with Gasteiger partial charge in [-0.15, -0.1) is 0 Å². The molecule has 11 heteroatoms. The van der Waals surface area contributed by atoms with Gasteiger partial charge in [0.05, 0.1) is 18.4 Å². The first-order valence-electron chi connectivity index (χ1n) is 10.5. The molecule has 4 aromatic heterocycles. The fourth-order valence-electron chi connectivity index (χ4n) is 4.32. The van der Waals surface area contributed by atoms with Crippen molar-refractivity contribution < 1.29 is 22.0 Å². The van der Waals surface area contributed by atoms with Gasteiger partial charge in [0, 0.05) is 35.3 Å². The third-order valence-corrected chi connectivity index (χ3v) is 6.00. The summed E-state index contributed by atoms with van der Waals surface area (Å²) in [6.07, 6.45) is 3.17. The molecule has 6 nitrogen and oxygen atoms in total. The molecule has 1 aliphatic rings. The van der Waals surface area contributed by atoms with E-state index in [1.807, 2.05) is 0 Å². The second-order valence-electron chi connectivity index (χ2n) is 8.42. The Bertz CT molecular complexity index is 1420. The van der Waals surface area contributed by atoms with E-state index in [-0.39, 0.29) is 23.4 Å². The topological polar surface area (TPSA) is 71.8 Å². The molecule has 1 saturated carbocycles. The van der Waals surface area contributed by atoms with Crippen molar-refractivity contribution in [1.29, 1.82) is 5.26 Å². The number of pyridine rings is 2. The summed E-state index contributed by atoms with van der Waals surface area (Å²) in [5.41, 5.74) is -1.63. The molecule has 0 aliphatic heterocycles. The lowest BCUT2D eigenvalue weighted by molar-refractivity contribution is -0.140. The molecule has 0 amide bonds. The molecular formula is C23H17F5N6. The Balaban J connectivity index is 1.59. The fourth-order valence-corrected chi connectivity index (χ4v) is 4.32. The molecule has 0 saturated heterocycles. The maximum atomic E-state index is 14.9. The van der Waals surface area contributed by atoms with Crippen molar-refractivity contribution in [2.75, 3.05) is 0 Å². The van der Waals surface area contributed by atoms with Crippen molar-refractivity contribution in [2.24, 2.45) is 0 Å². The summed E-state index contributed by atoms with van der Waals surface area (Å²) in [6.45, 7) is 0.0643. The molecule has 1 aliphatic carbocycles. The second-order valence-corrected chi connectivity index (χ2v) is 8.42. The number of fused-ring (bicyclic) bond motifs is 1. The Morgan fingerprint density at radius 1 is 1.09 bits per heavy atom. The lowest BCUT2D eigenvalue weighted by Crippen LogP contribution is -2.25. The third kappa shape index (κ3) is 4.00. The molecule has 0 aromatic carbocycles. The molecule has 0 N–H and O–H groups in total. The van der Waals surface area contributed by atoms with Crippen LogP contribution in [0.3, 0.4) is 0 Å². The van der Waals surface area contributed by atoms with Gasteiger partial charge in [-0.1, -0.05) is 12.8 Å². The van der Waals surface area contributed by atoms with Crippen molar-refractivity contribution in [3.8, 4) is 28.5 Å². The van der Waals surface area contributed by atoms with Crippen molar-refractivity contribution in [2.45, 2.75) is 44.1 Å². The predicted octanol–water partition coefficient (Wildman–Crippen LogP) is 5.57. The minimum absolute atomic E-state index is 0.0108. The summed E-state index contributed by atoms with van der Waals surface area (Å²) in [4.78, 5) is 7.73. The molecule has 0 unspecified atom stereocenters. The maximum absolute atomic E-state index is 14.9. The van der Waals surface area contributed by atoms with E-state index in [0.29, 0.717) is 24.0 Å². The van der Waals surface area contributed by atoms with Crippen LogP contribution < -0.4 is 0 Å². The van der Waals surface area contributed by atoms with Gasteiger partial charge in [-0.3, -0.25) is 4.68 Å². The van der Waals surface area contributed by atoms with Crippen molar-refractivity contribution in [3.05, 3.63) is 60.2 Å². The van der Waals surface area contributed by atoms with Gasteiger partial charge in [0.1, 0.15) is 17.4 Å². The summed E-state index contributed by atoms with van der Waals surface area (Å²) in [6, 6.07) is 5.68. The van der Waals surface area contributed by atoms with Crippen LogP contribution in [0.25, 0.3) is 28.0 Å². The number of rotatable bonds is 4. The van der Waals surface area contributed by atoms with Crippen molar-refractivity contribution in [1.82, 2.24) is 24.1 Å². The Morgan fingerprint density at radius 3 is 2.56 bits per heavy atom. The Morgan fingerprint density at radius 2 is 1.85 bits per heavy atom. The van der Waals surface area contributed by atoms with Gasteiger partial charge >= 0.3 is 6.18 Å². The molecular weight excluding hydrogens is 455 g/mol. The zero-order valence-corrected chi connectivity index (χ0v) is 17.7. The van der Waals surface area contributed by atoms with Gasteiger partial charge in [-0.05, 0) is 31.0 Å². The van der Waals surface area contributed by atoms with Crippen LogP contribution in [0.5, 0.6) is 0 Å². The minimum atomic E-state index is -4.61. The number of hydrogen-bond donors (Lipinski definition) is 0. The van der Waals surface area contributed by atoms with E-state index in [2.05, 4.69) is 15.1 Å². The van der Waals surface area contributed by atoms with Crippen LogP contribution in [-0.4, -0.2) is 29.8 Å². The maximum Gasteiger partial charge on any atom is 0.434 e. The molecule has 4 heterocycles. The van der Waals surface area contributed by atoms with E-state index >= 15 is 0 Å².